The van der Waals surface area contributed by atoms with E-state index >= 15 is 0 Å². The second-order valence-electron chi connectivity index (χ2n) is 5.69. The summed E-state index contributed by atoms with van der Waals surface area (Å²) in [6.07, 6.45) is 9.67. The molecule has 2 aliphatic rings. The molecule has 0 atom stereocenters. The fraction of sp³-hybridized carbons (Fsp3) is 0.800. The number of ether oxygens (including phenoxy) is 1. The molecule has 0 aromatic carbocycles. The molecule has 17 heavy (non-hydrogen) atoms. The minimum Gasteiger partial charge on any atom is -0.469 e. The van der Waals surface area contributed by atoms with Gasteiger partial charge in [0.15, 0.2) is 0 Å². The maximum atomic E-state index is 11.5. The predicted molar refractivity (Wildman–Crippen MR) is 68.1 cm³/mol. The Morgan fingerprint density at radius 1 is 1.06 bits per heavy atom. The highest BCUT2D eigenvalue weighted by atomic mass is 16.5. The molecule has 2 saturated carbocycles. The van der Waals surface area contributed by atoms with Gasteiger partial charge in [0.05, 0.1) is 13.0 Å². The lowest BCUT2D eigenvalue weighted by molar-refractivity contribution is -0.146. The molecule has 0 aromatic rings. The van der Waals surface area contributed by atoms with Crippen molar-refractivity contribution in [2.45, 2.75) is 58.3 Å². The Kier molecular flexibility index (Phi) is 4.47. The molecule has 0 heterocycles. The van der Waals surface area contributed by atoms with Crippen LogP contribution in [0.15, 0.2) is 0 Å². The van der Waals surface area contributed by atoms with Crippen molar-refractivity contribution in [3.8, 4) is 0 Å². The fourth-order valence-electron chi connectivity index (χ4n) is 3.32. The van der Waals surface area contributed by atoms with E-state index in [0.29, 0.717) is 0 Å². The van der Waals surface area contributed by atoms with Gasteiger partial charge < -0.3 is 4.74 Å². The van der Waals surface area contributed by atoms with Gasteiger partial charge in [0.1, 0.15) is 0 Å². The molecule has 2 aliphatic carbocycles. The van der Waals surface area contributed by atoms with Crippen LogP contribution < -0.4 is 0 Å². The van der Waals surface area contributed by atoms with E-state index in [0.717, 1.165) is 31.6 Å². The normalized spacial score (nSPS) is 26.0. The molecule has 96 valence electrons. The quantitative estimate of drug-likeness (QED) is 0.683. The number of carbonyl (C=O) groups is 1. The minimum atomic E-state index is -0.00290. The Hall–Kier alpha value is -0.530. The van der Waals surface area contributed by atoms with Crippen LogP contribution >= 0.6 is 0 Å². The molecule has 2 nitrogen and oxygen atoms in total. The summed E-state index contributed by atoms with van der Waals surface area (Å²) in [6.45, 7) is 2.29. The first kappa shape index (κ1) is 12.9. The average Bonchev–Trinajstić information content (AvgIpc) is 2.39. The third-order valence-electron chi connectivity index (χ3n) is 4.58. The van der Waals surface area contributed by atoms with Gasteiger partial charge in [-0.1, -0.05) is 6.92 Å². The lowest BCUT2D eigenvalue weighted by Gasteiger charge is -2.36. The Morgan fingerprint density at radius 3 is 2.18 bits per heavy atom. The summed E-state index contributed by atoms with van der Waals surface area (Å²) in [5.41, 5.74) is 0. The molecule has 0 N–H and O–H groups in total. The van der Waals surface area contributed by atoms with Gasteiger partial charge in [0.2, 0.25) is 0 Å². The van der Waals surface area contributed by atoms with Gasteiger partial charge >= 0.3 is 5.97 Å². The van der Waals surface area contributed by atoms with Gasteiger partial charge in [-0.3, -0.25) is 4.79 Å². The van der Waals surface area contributed by atoms with Crippen molar-refractivity contribution in [1.82, 2.24) is 0 Å². The standard InChI is InChI=1S/C15H24O2/c1-11-3-5-12(6-4-11)13-7-9-14(10-8-13)15(16)17-2/h12,14H,3-10H2,1-2H3. The summed E-state index contributed by atoms with van der Waals surface area (Å²) in [7, 11) is 1.50. The van der Waals surface area contributed by atoms with Crippen molar-refractivity contribution in [2.24, 2.45) is 11.8 Å². The van der Waals surface area contributed by atoms with Gasteiger partial charge in [-0.15, -0.1) is 0 Å². The second-order valence-corrected chi connectivity index (χ2v) is 5.69. The van der Waals surface area contributed by atoms with E-state index in [4.69, 9.17) is 4.74 Å². The zero-order valence-corrected chi connectivity index (χ0v) is 11.1. The van der Waals surface area contributed by atoms with Crippen molar-refractivity contribution < 1.29 is 9.53 Å². The molecule has 2 heteroatoms. The Balaban J connectivity index is 1.77. The van der Waals surface area contributed by atoms with Crippen LogP contribution in [0.5, 0.6) is 0 Å². The van der Waals surface area contributed by atoms with Crippen LogP contribution in [0.2, 0.25) is 0 Å². The highest BCUT2D eigenvalue weighted by molar-refractivity contribution is 5.72. The van der Waals surface area contributed by atoms with E-state index in [1.807, 2.05) is 0 Å². The van der Waals surface area contributed by atoms with Crippen LogP contribution in [0, 0.1) is 23.7 Å². The molecule has 0 amide bonds. The lowest BCUT2D eigenvalue weighted by Crippen LogP contribution is -2.27. The SMILES string of the molecule is COC(=O)C1CC[C](C2CC[C](C)CC2)CC1. The van der Waals surface area contributed by atoms with Crippen LogP contribution in [-0.4, -0.2) is 13.1 Å². The monoisotopic (exact) mass is 236 g/mol. The zero-order chi connectivity index (χ0) is 12.3. The van der Waals surface area contributed by atoms with Crippen LogP contribution in [0.1, 0.15) is 58.3 Å². The maximum Gasteiger partial charge on any atom is 0.308 e. The molecular weight excluding hydrogens is 212 g/mol. The first-order valence-electron chi connectivity index (χ1n) is 6.94. The van der Waals surface area contributed by atoms with Gasteiger partial charge in [-0.2, -0.15) is 0 Å². The number of hydrogen-bond acceptors (Lipinski definition) is 2. The predicted octanol–water partition coefficient (Wildman–Crippen LogP) is 3.71. The first-order chi connectivity index (χ1) is 8.20. The first-order valence-corrected chi connectivity index (χ1v) is 6.94. The highest BCUT2D eigenvalue weighted by Crippen LogP contribution is 2.43. The molecule has 0 saturated heterocycles. The molecule has 2 fully saturated rings. The minimum absolute atomic E-state index is 0.00290. The van der Waals surface area contributed by atoms with Crippen molar-refractivity contribution in [3.05, 3.63) is 11.8 Å². The van der Waals surface area contributed by atoms with Crippen LogP contribution in [0.25, 0.3) is 0 Å². The lowest BCUT2D eigenvalue weighted by atomic mass is 9.69. The summed E-state index contributed by atoms with van der Waals surface area (Å²) in [4.78, 5) is 11.5. The zero-order valence-electron chi connectivity index (χ0n) is 11.1. The molecule has 2 rings (SSSR count). The van der Waals surface area contributed by atoms with Gasteiger partial charge in [-0.05, 0) is 69.1 Å². The number of esters is 1. The van der Waals surface area contributed by atoms with Gasteiger partial charge in [-0.25, -0.2) is 0 Å². The van der Waals surface area contributed by atoms with Crippen molar-refractivity contribution in [1.29, 1.82) is 0 Å². The molecule has 0 bridgehead atoms. The fourth-order valence-corrected chi connectivity index (χ4v) is 3.32. The average molecular weight is 236 g/mol. The molecule has 0 spiro atoms. The Bertz CT molecular complexity index is 246. The van der Waals surface area contributed by atoms with E-state index in [1.54, 1.807) is 11.8 Å². The largest absolute Gasteiger partial charge is 0.469 e. The summed E-state index contributed by atoms with van der Waals surface area (Å²) < 4.78 is 4.83. The highest BCUT2D eigenvalue weighted by Gasteiger charge is 2.32. The Morgan fingerprint density at radius 2 is 1.65 bits per heavy atom. The van der Waals surface area contributed by atoms with Gasteiger partial charge in [0, 0.05) is 0 Å². The van der Waals surface area contributed by atoms with E-state index in [9.17, 15) is 4.79 Å². The summed E-state index contributed by atoms with van der Waals surface area (Å²) in [5.74, 6) is 4.41. The molecular formula is C15H24O2. The summed E-state index contributed by atoms with van der Waals surface area (Å²) in [5, 5.41) is 0. The third-order valence-corrected chi connectivity index (χ3v) is 4.58. The summed E-state index contributed by atoms with van der Waals surface area (Å²) >= 11 is 0. The second kappa shape index (κ2) is 5.88. The molecule has 2 radical (unpaired) electrons. The maximum absolute atomic E-state index is 11.5. The van der Waals surface area contributed by atoms with E-state index < -0.39 is 0 Å². The van der Waals surface area contributed by atoms with Crippen LogP contribution in [0.4, 0.5) is 0 Å². The van der Waals surface area contributed by atoms with Crippen molar-refractivity contribution in [3.63, 3.8) is 0 Å². The Labute approximate surface area is 105 Å². The number of carbonyl (C=O) groups excluding carboxylic acids is 1. The number of methoxy groups -OCH3 is 1. The molecule has 0 aromatic heterocycles. The van der Waals surface area contributed by atoms with E-state index in [-0.39, 0.29) is 11.9 Å². The van der Waals surface area contributed by atoms with E-state index in [1.165, 1.54) is 32.8 Å². The number of hydrogen-bond donors (Lipinski definition) is 0. The van der Waals surface area contributed by atoms with Crippen molar-refractivity contribution >= 4 is 5.97 Å². The van der Waals surface area contributed by atoms with Crippen LogP contribution in [0.3, 0.4) is 0 Å². The topological polar surface area (TPSA) is 26.3 Å². The summed E-state index contributed by atoms with van der Waals surface area (Å²) in [6, 6.07) is 0. The van der Waals surface area contributed by atoms with Crippen molar-refractivity contribution in [2.75, 3.05) is 7.11 Å². The smallest absolute Gasteiger partial charge is 0.308 e. The third kappa shape index (κ3) is 3.23. The number of rotatable bonds is 2. The molecule has 0 aliphatic heterocycles. The van der Waals surface area contributed by atoms with E-state index in [2.05, 4.69) is 6.92 Å². The van der Waals surface area contributed by atoms with Gasteiger partial charge in [0.25, 0.3) is 0 Å². The van der Waals surface area contributed by atoms with Crippen LogP contribution in [-0.2, 0) is 9.53 Å². The molecule has 0 unspecified atom stereocenters.